The summed E-state index contributed by atoms with van der Waals surface area (Å²) in [6, 6.07) is -1.52. The molecular formula is C29H40N2O10. The van der Waals surface area contributed by atoms with E-state index in [0.717, 1.165) is 18.4 Å². The van der Waals surface area contributed by atoms with E-state index >= 15 is 0 Å². The minimum absolute atomic E-state index is 0.0252. The van der Waals surface area contributed by atoms with Gasteiger partial charge < -0.3 is 31.1 Å². The van der Waals surface area contributed by atoms with E-state index in [0.29, 0.717) is 19.3 Å². The highest BCUT2D eigenvalue weighted by atomic mass is 16.5. The van der Waals surface area contributed by atoms with Crippen molar-refractivity contribution >= 4 is 35.3 Å². The number of fused-ring (bicyclic) bond motifs is 5. The highest BCUT2D eigenvalue weighted by Crippen LogP contribution is 2.67. The second-order valence-corrected chi connectivity index (χ2v) is 12.7. The standard InChI is InChI=1S/C29H40N2O10/c1-27-9-7-16(32)11-15(27)3-4-17-18-8-10-29(40,28(18,2)13-20(33)25(17)27)21(34)14-41-24(37)6-5-23(36)31-19(26(38)39)12-22(30)35/h11,17-20,25,33,40H,3-10,12-14H2,1-2H3,(H2,30,35)(H,31,36)(H,38,39)/t17-,18-,19-,20+,25+,27-,28-,29-/m0/s1. The SMILES string of the molecule is C[C@]12CCC(=O)C=C1CC[C@@H]1[C@@H]2[C@H](O)C[C@@]2(C)[C@H]1CC[C@]2(O)C(=O)COC(=O)CCC(=O)N[C@@H](CC(N)=O)C(=O)O. The van der Waals surface area contributed by atoms with Crippen LogP contribution < -0.4 is 11.1 Å². The highest BCUT2D eigenvalue weighted by molar-refractivity contribution is 5.93. The summed E-state index contributed by atoms with van der Waals surface area (Å²) < 4.78 is 5.08. The number of carbonyl (C=O) groups is 6. The van der Waals surface area contributed by atoms with Gasteiger partial charge in [0.05, 0.1) is 18.9 Å². The smallest absolute Gasteiger partial charge is 0.326 e. The Morgan fingerprint density at radius 1 is 1.12 bits per heavy atom. The molecule has 0 radical (unpaired) electrons. The van der Waals surface area contributed by atoms with Crippen LogP contribution >= 0.6 is 0 Å². The van der Waals surface area contributed by atoms with Gasteiger partial charge in [0.2, 0.25) is 17.6 Å². The number of ketones is 2. The van der Waals surface area contributed by atoms with Crippen molar-refractivity contribution in [2.24, 2.45) is 34.3 Å². The van der Waals surface area contributed by atoms with Gasteiger partial charge in [0.1, 0.15) is 11.6 Å². The fourth-order valence-corrected chi connectivity index (χ4v) is 8.37. The van der Waals surface area contributed by atoms with E-state index in [-0.39, 0.29) is 41.8 Å². The second-order valence-electron chi connectivity index (χ2n) is 12.7. The molecule has 41 heavy (non-hydrogen) atoms. The number of hydrogen-bond donors (Lipinski definition) is 5. The molecule has 12 heteroatoms. The number of hydrogen-bond acceptors (Lipinski definition) is 9. The van der Waals surface area contributed by atoms with Crippen molar-refractivity contribution in [3.63, 3.8) is 0 Å². The quantitative estimate of drug-likeness (QED) is 0.228. The zero-order valence-electron chi connectivity index (χ0n) is 23.5. The summed E-state index contributed by atoms with van der Waals surface area (Å²) in [5.41, 5.74) is 3.05. The molecule has 3 fully saturated rings. The van der Waals surface area contributed by atoms with Crippen LogP contribution in [-0.2, 0) is 33.5 Å². The van der Waals surface area contributed by atoms with E-state index in [1.807, 2.05) is 6.92 Å². The van der Waals surface area contributed by atoms with Crippen LogP contribution in [0.2, 0.25) is 0 Å². The third kappa shape index (κ3) is 5.55. The number of ether oxygens (including phenoxy) is 1. The predicted octanol–water partition coefficient (Wildman–Crippen LogP) is 0.558. The predicted molar refractivity (Wildman–Crippen MR) is 142 cm³/mol. The van der Waals surface area contributed by atoms with Crippen LogP contribution in [0.5, 0.6) is 0 Å². The summed E-state index contributed by atoms with van der Waals surface area (Å²) in [4.78, 5) is 71.8. The number of carbonyl (C=O) groups excluding carboxylic acids is 5. The molecule has 4 rings (SSSR count). The van der Waals surface area contributed by atoms with Crippen LogP contribution in [0, 0.1) is 28.6 Å². The van der Waals surface area contributed by atoms with Crippen molar-refractivity contribution in [3.05, 3.63) is 11.6 Å². The van der Waals surface area contributed by atoms with Crippen molar-refractivity contribution in [1.29, 1.82) is 0 Å². The fourth-order valence-electron chi connectivity index (χ4n) is 8.37. The first kappa shape index (κ1) is 30.8. The number of nitrogens with two attached hydrogens (primary N) is 1. The van der Waals surface area contributed by atoms with Crippen LogP contribution in [0.3, 0.4) is 0 Å². The molecule has 0 spiro atoms. The number of nitrogens with one attached hydrogen (secondary N) is 1. The molecule has 0 saturated heterocycles. The van der Waals surface area contributed by atoms with Crippen LogP contribution in [-0.4, -0.2) is 75.0 Å². The number of amides is 2. The van der Waals surface area contributed by atoms with E-state index in [9.17, 15) is 39.0 Å². The van der Waals surface area contributed by atoms with E-state index in [1.54, 1.807) is 6.08 Å². The van der Waals surface area contributed by atoms with Crippen LogP contribution in [0.15, 0.2) is 11.6 Å². The number of allylic oxidation sites excluding steroid dienone is 1. The molecule has 226 valence electrons. The van der Waals surface area contributed by atoms with E-state index < -0.39 is 78.6 Å². The van der Waals surface area contributed by atoms with Crippen molar-refractivity contribution in [3.8, 4) is 0 Å². The first-order chi connectivity index (χ1) is 19.1. The molecule has 0 aromatic heterocycles. The second kappa shape index (κ2) is 11.3. The van der Waals surface area contributed by atoms with E-state index in [2.05, 4.69) is 12.2 Å². The molecule has 0 aliphatic heterocycles. The van der Waals surface area contributed by atoms with Crippen molar-refractivity contribution in [2.45, 2.75) is 95.8 Å². The number of aliphatic hydroxyl groups excluding tert-OH is 1. The lowest BCUT2D eigenvalue weighted by Gasteiger charge is -2.60. The molecule has 8 atom stereocenters. The van der Waals surface area contributed by atoms with Crippen molar-refractivity contribution in [1.82, 2.24) is 5.32 Å². The Balaban J connectivity index is 1.36. The number of Topliss-reactive ketones (excluding diaryl/α,β-unsaturated/α-hetero) is 1. The van der Waals surface area contributed by atoms with Gasteiger partial charge in [0, 0.05) is 18.3 Å². The highest BCUT2D eigenvalue weighted by Gasteiger charge is 2.68. The third-order valence-corrected chi connectivity index (χ3v) is 10.5. The largest absolute Gasteiger partial charge is 0.480 e. The first-order valence-electron chi connectivity index (χ1n) is 14.3. The van der Waals surface area contributed by atoms with Crippen LogP contribution in [0.1, 0.15) is 78.1 Å². The molecule has 4 aliphatic carbocycles. The molecule has 0 bridgehead atoms. The summed E-state index contributed by atoms with van der Waals surface area (Å²) in [6.45, 7) is 3.26. The molecule has 3 saturated carbocycles. The number of aliphatic hydroxyl groups is 2. The number of primary amides is 1. The van der Waals surface area contributed by atoms with Crippen molar-refractivity contribution in [2.75, 3.05) is 6.61 Å². The van der Waals surface area contributed by atoms with Crippen molar-refractivity contribution < 1.29 is 48.8 Å². The van der Waals surface area contributed by atoms with E-state index in [4.69, 9.17) is 15.6 Å². The maximum atomic E-state index is 13.3. The Hall–Kier alpha value is -3.12. The molecule has 0 aromatic rings. The summed E-state index contributed by atoms with van der Waals surface area (Å²) in [5.74, 6) is -4.62. The molecule has 6 N–H and O–H groups in total. The average molecular weight is 577 g/mol. The molecule has 2 amide bonds. The molecule has 12 nitrogen and oxygen atoms in total. The lowest BCUT2D eigenvalue weighted by atomic mass is 9.45. The average Bonchev–Trinajstić information content (AvgIpc) is 3.16. The maximum Gasteiger partial charge on any atom is 0.326 e. The zero-order valence-corrected chi connectivity index (χ0v) is 23.5. The number of rotatable bonds is 10. The normalized spacial score (nSPS) is 36.6. The Labute approximate surface area is 238 Å². The number of aliphatic carboxylic acids is 1. The minimum atomic E-state index is -1.80. The van der Waals surface area contributed by atoms with Gasteiger partial charge in [-0.2, -0.15) is 0 Å². The zero-order chi connectivity index (χ0) is 30.3. The molecule has 0 unspecified atom stereocenters. The van der Waals surface area contributed by atoms with Gasteiger partial charge in [-0.15, -0.1) is 0 Å². The molecule has 0 aromatic carbocycles. The maximum absolute atomic E-state index is 13.3. The summed E-state index contributed by atoms with van der Waals surface area (Å²) in [7, 11) is 0. The Kier molecular flexibility index (Phi) is 8.48. The Bertz CT molecular complexity index is 1180. The lowest BCUT2D eigenvalue weighted by Crippen LogP contribution is -2.62. The summed E-state index contributed by atoms with van der Waals surface area (Å²) in [5, 5.41) is 34.4. The summed E-state index contributed by atoms with van der Waals surface area (Å²) >= 11 is 0. The third-order valence-electron chi connectivity index (χ3n) is 10.5. The van der Waals surface area contributed by atoms with Gasteiger partial charge in [-0.05, 0) is 67.8 Å². The fraction of sp³-hybridized carbons (Fsp3) is 0.724. The first-order valence-corrected chi connectivity index (χ1v) is 14.3. The van der Waals surface area contributed by atoms with Crippen LogP contribution in [0.25, 0.3) is 0 Å². The Morgan fingerprint density at radius 3 is 2.49 bits per heavy atom. The van der Waals surface area contributed by atoms with Gasteiger partial charge in [0.25, 0.3) is 0 Å². The Morgan fingerprint density at radius 2 is 1.83 bits per heavy atom. The monoisotopic (exact) mass is 576 g/mol. The summed E-state index contributed by atoms with van der Waals surface area (Å²) in [6.07, 6.45) is 3.10. The number of carboxylic acid groups (broad SMARTS) is 1. The molecule has 4 aliphatic rings. The topological polar surface area (TPSA) is 210 Å². The molecule has 0 heterocycles. The number of esters is 1. The lowest BCUT2D eigenvalue weighted by molar-refractivity contribution is -0.184. The minimum Gasteiger partial charge on any atom is -0.480 e. The van der Waals surface area contributed by atoms with Gasteiger partial charge in [0.15, 0.2) is 12.4 Å². The van der Waals surface area contributed by atoms with Gasteiger partial charge in [-0.1, -0.05) is 19.4 Å². The van der Waals surface area contributed by atoms with Gasteiger partial charge in [-0.3, -0.25) is 24.0 Å². The van der Waals surface area contributed by atoms with Crippen LogP contribution in [0.4, 0.5) is 0 Å². The number of carboxylic acids is 1. The van der Waals surface area contributed by atoms with E-state index in [1.165, 1.54) is 0 Å². The van der Waals surface area contributed by atoms with Gasteiger partial charge >= 0.3 is 11.9 Å². The molecular weight excluding hydrogens is 536 g/mol. The van der Waals surface area contributed by atoms with Gasteiger partial charge in [-0.25, -0.2) is 4.79 Å².